The maximum Gasteiger partial charge on any atom is 0.103 e. The van der Waals surface area contributed by atoms with Gasteiger partial charge in [-0.15, -0.1) is 0 Å². The van der Waals surface area contributed by atoms with Gasteiger partial charge in [-0.3, -0.25) is 4.98 Å². The van der Waals surface area contributed by atoms with Crippen molar-refractivity contribution in [1.82, 2.24) is 10.3 Å². The standard InChI is InChI=1S/C20H24N2O/c1-16(5-2-3-6-20-7-4-12-23-20)22-14-17-8-9-19-15-21-11-10-18(19)13-17/h4,7-13,15-16,22H,2-3,5-6,14H2,1H3/t16-/m1/s1. The molecule has 0 saturated heterocycles. The Morgan fingerprint density at radius 1 is 1.13 bits per heavy atom. The van der Waals surface area contributed by atoms with Crippen LogP contribution in [0.15, 0.2) is 59.5 Å². The summed E-state index contributed by atoms with van der Waals surface area (Å²) in [6.07, 6.45) is 10.1. The molecule has 0 amide bonds. The highest BCUT2D eigenvalue weighted by Crippen LogP contribution is 2.15. The summed E-state index contributed by atoms with van der Waals surface area (Å²) in [5.74, 6) is 1.09. The van der Waals surface area contributed by atoms with Crippen LogP contribution in [0.4, 0.5) is 0 Å². The molecule has 1 aromatic carbocycles. The van der Waals surface area contributed by atoms with E-state index >= 15 is 0 Å². The van der Waals surface area contributed by atoms with Gasteiger partial charge in [0, 0.05) is 36.8 Å². The zero-order valence-corrected chi connectivity index (χ0v) is 13.7. The smallest absolute Gasteiger partial charge is 0.103 e. The van der Waals surface area contributed by atoms with Gasteiger partial charge >= 0.3 is 0 Å². The number of unbranched alkanes of at least 4 members (excludes halogenated alkanes) is 1. The lowest BCUT2D eigenvalue weighted by Gasteiger charge is -2.14. The van der Waals surface area contributed by atoms with Gasteiger partial charge in [0.25, 0.3) is 0 Å². The Kier molecular flexibility index (Phi) is 5.43. The molecule has 0 aliphatic carbocycles. The highest BCUT2D eigenvalue weighted by molar-refractivity contribution is 5.81. The topological polar surface area (TPSA) is 38.1 Å². The summed E-state index contributed by atoms with van der Waals surface area (Å²) in [5, 5.41) is 6.07. The van der Waals surface area contributed by atoms with Crippen LogP contribution < -0.4 is 5.32 Å². The summed E-state index contributed by atoms with van der Waals surface area (Å²) in [5.41, 5.74) is 1.33. The molecule has 0 aliphatic rings. The van der Waals surface area contributed by atoms with Gasteiger partial charge in [0.2, 0.25) is 0 Å². The highest BCUT2D eigenvalue weighted by atomic mass is 16.3. The van der Waals surface area contributed by atoms with Crippen LogP contribution in [-0.2, 0) is 13.0 Å². The summed E-state index contributed by atoms with van der Waals surface area (Å²) < 4.78 is 5.36. The predicted molar refractivity (Wildman–Crippen MR) is 94.3 cm³/mol. The minimum Gasteiger partial charge on any atom is -0.469 e. The van der Waals surface area contributed by atoms with E-state index in [-0.39, 0.29) is 0 Å². The second-order valence-corrected chi connectivity index (χ2v) is 6.16. The molecule has 0 radical (unpaired) electrons. The molecule has 23 heavy (non-hydrogen) atoms. The Hall–Kier alpha value is -2.13. The number of nitrogens with zero attached hydrogens (tertiary/aromatic N) is 1. The van der Waals surface area contributed by atoms with Crippen molar-refractivity contribution in [2.24, 2.45) is 0 Å². The van der Waals surface area contributed by atoms with E-state index in [1.807, 2.05) is 18.5 Å². The van der Waals surface area contributed by atoms with E-state index in [2.05, 4.69) is 47.6 Å². The minimum atomic E-state index is 0.528. The van der Waals surface area contributed by atoms with E-state index < -0.39 is 0 Å². The monoisotopic (exact) mass is 308 g/mol. The molecular formula is C20H24N2O. The van der Waals surface area contributed by atoms with E-state index in [0.717, 1.165) is 18.7 Å². The molecule has 0 aliphatic heterocycles. The second-order valence-electron chi connectivity index (χ2n) is 6.16. The van der Waals surface area contributed by atoms with Crippen molar-refractivity contribution in [1.29, 1.82) is 0 Å². The Morgan fingerprint density at radius 2 is 2.09 bits per heavy atom. The third-order valence-corrected chi connectivity index (χ3v) is 4.25. The van der Waals surface area contributed by atoms with Crippen molar-refractivity contribution >= 4 is 10.8 Å². The van der Waals surface area contributed by atoms with Crippen LogP contribution in [-0.4, -0.2) is 11.0 Å². The van der Waals surface area contributed by atoms with Gasteiger partial charge < -0.3 is 9.73 Å². The van der Waals surface area contributed by atoms with Crippen molar-refractivity contribution in [2.45, 2.75) is 45.2 Å². The molecule has 0 unspecified atom stereocenters. The molecule has 2 heterocycles. The van der Waals surface area contributed by atoms with E-state index in [9.17, 15) is 0 Å². The van der Waals surface area contributed by atoms with Crippen LogP contribution in [0.2, 0.25) is 0 Å². The van der Waals surface area contributed by atoms with Gasteiger partial charge in [-0.25, -0.2) is 0 Å². The molecule has 120 valence electrons. The molecule has 1 N–H and O–H groups in total. The lowest BCUT2D eigenvalue weighted by molar-refractivity contribution is 0.465. The molecule has 0 fully saturated rings. The van der Waals surface area contributed by atoms with E-state index in [0.29, 0.717) is 6.04 Å². The van der Waals surface area contributed by atoms with Crippen molar-refractivity contribution in [3.8, 4) is 0 Å². The number of aromatic nitrogens is 1. The summed E-state index contributed by atoms with van der Waals surface area (Å²) in [4.78, 5) is 4.15. The first-order valence-corrected chi connectivity index (χ1v) is 8.40. The Labute approximate surface area is 137 Å². The van der Waals surface area contributed by atoms with Crippen LogP contribution in [0.1, 0.15) is 37.5 Å². The van der Waals surface area contributed by atoms with Crippen molar-refractivity contribution < 1.29 is 4.42 Å². The zero-order chi connectivity index (χ0) is 15.9. The molecule has 3 heteroatoms. The van der Waals surface area contributed by atoms with Crippen LogP contribution in [0.5, 0.6) is 0 Å². The van der Waals surface area contributed by atoms with Gasteiger partial charge in [-0.05, 0) is 55.0 Å². The average molecular weight is 308 g/mol. The van der Waals surface area contributed by atoms with Crippen molar-refractivity contribution in [3.05, 3.63) is 66.4 Å². The average Bonchev–Trinajstić information content (AvgIpc) is 3.10. The van der Waals surface area contributed by atoms with Crippen molar-refractivity contribution in [3.63, 3.8) is 0 Å². The summed E-state index contributed by atoms with van der Waals surface area (Å²) >= 11 is 0. The van der Waals surface area contributed by atoms with E-state index in [1.165, 1.54) is 35.6 Å². The zero-order valence-electron chi connectivity index (χ0n) is 13.7. The fourth-order valence-corrected chi connectivity index (χ4v) is 2.84. The minimum absolute atomic E-state index is 0.528. The van der Waals surface area contributed by atoms with Crippen LogP contribution in [0, 0.1) is 0 Å². The quantitative estimate of drug-likeness (QED) is 0.612. The highest BCUT2D eigenvalue weighted by Gasteiger charge is 2.03. The summed E-state index contributed by atoms with van der Waals surface area (Å²) in [7, 11) is 0. The Morgan fingerprint density at radius 3 is 2.96 bits per heavy atom. The van der Waals surface area contributed by atoms with E-state index in [4.69, 9.17) is 4.42 Å². The van der Waals surface area contributed by atoms with E-state index in [1.54, 1.807) is 6.26 Å². The molecule has 3 nitrogen and oxygen atoms in total. The van der Waals surface area contributed by atoms with Crippen LogP contribution >= 0.6 is 0 Å². The first-order chi connectivity index (χ1) is 11.3. The molecular weight excluding hydrogens is 284 g/mol. The number of hydrogen-bond donors (Lipinski definition) is 1. The lowest BCUT2D eigenvalue weighted by atomic mass is 10.1. The molecule has 3 aromatic rings. The second kappa shape index (κ2) is 7.93. The Bertz CT molecular complexity index is 721. The first-order valence-electron chi connectivity index (χ1n) is 8.40. The molecule has 3 rings (SSSR count). The molecule has 0 spiro atoms. The number of nitrogens with one attached hydrogen (secondary N) is 1. The number of rotatable bonds is 8. The van der Waals surface area contributed by atoms with Crippen molar-refractivity contribution in [2.75, 3.05) is 0 Å². The largest absolute Gasteiger partial charge is 0.469 e. The van der Waals surface area contributed by atoms with Gasteiger partial charge in [0.1, 0.15) is 5.76 Å². The molecule has 1 atom stereocenters. The van der Waals surface area contributed by atoms with Gasteiger partial charge in [0.15, 0.2) is 0 Å². The molecule has 2 aromatic heterocycles. The number of hydrogen-bond acceptors (Lipinski definition) is 3. The lowest BCUT2D eigenvalue weighted by Crippen LogP contribution is -2.25. The number of fused-ring (bicyclic) bond motifs is 1. The van der Waals surface area contributed by atoms with Crippen LogP contribution in [0.3, 0.4) is 0 Å². The maximum absolute atomic E-state index is 5.36. The predicted octanol–water partition coefficient (Wildman–Crippen LogP) is 4.72. The normalized spacial score (nSPS) is 12.6. The fourth-order valence-electron chi connectivity index (χ4n) is 2.84. The third-order valence-electron chi connectivity index (χ3n) is 4.25. The SMILES string of the molecule is C[C@H](CCCCc1ccco1)NCc1ccc2cnccc2c1. The van der Waals surface area contributed by atoms with Gasteiger partial charge in [-0.1, -0.05) is 18.6 Å². The number of pyridine rings is 1. The van der Waals surface area contributed by atoms with Gasteiger partial charge in [-0.2, -0.15) is 0 Å². The number of furan rings is 1. The van der Waals surface area contributed by atoms with Crippen LogP contribution in [0.25, 0.3) is 10.8 Å². The third kappa shape index (κ3) is 4.67. The number of aryl methyl sites for hydroxylation is 1. The maximum atomic E-state index is 5.36. The fraction of sp³-hybridized carbons (Fsp3) is 0.350. The molecule has 0 bridgehead atoms. The van der Waals surface area contributed by atoms with Gasteiger partial charge in [0.05, 0.1) is 6.26 Å². The summed E-state index contributed by atoms with van der Waals surface area (Å²) in [6.45, 7) is 3.18. The number of benzene rings is 1. The molecule has 0 saturated carbocycles. The first kappa shape index (κ1) is 15.8. The summed E-state index contributed by atoms with van der Waals surface area (Å²) in [6, 6.07) is 13.2. The Balaban J connectivity index is 1.40.